The molecule has 0 unspecified atom stereocenters. The van der Waals surface area contributed by atoms with Gasteiger partial charge in [-0.05, 0) is 42.3 Å². The van der Waals surface area contributed by atoms with E-state index in [0.29, 0.717) is 30.8 Å². The number of aromatic nitrogens is 5. The lowest BCUT2D eigenvalue weighted by molar-refractivity contribution is 0.414. The Morgan fingerprint density at radius 1 is 1.11 bits per heavy atom. The molecule has 0 atom stereocenters. The van der Waals surface area contributed by atoms with Crippen LogP contribution in [0.5, 0.6) is 5.75 Å². The molecule has 2 N–H and O–H groups in total. The molecule has 3 aromatic heterocycles. The van der Waals surface area contributed by atoms with E-state index in [9.17, 15) is 4.79 Å². The number of hydrogen-bond donors (Lipinski definition) is 1. The largest absolute Gasteiger partial charge is 0.497 e. The predicted molar refractivity (Wildman–Crippen MR) is 104 cm³/mol. The molecule has 0 aliphatic heterocycles. The van der Waals surface area contributed by atoms with Crippen LogP contribution in [-0.2, 0) is 13.0 Å². The summed E-state index contributed by atoms with van der Waals surface area (Å²) in [6.07, 6.45) is 3.84. The van der Waals surface area contributed by atoms with E-state index in [0.717, 1.165) is 22.3 Å². The first-order chi connectivity index (χ1) is 12.7. The van der Waals surface area contributed by atoms with Gasteiger partial charge in [0.2, 0.25) is 0 Å². The first kappa shape index (κ1) is 18.5. The highest BCUT2D eigenvalue weighted by Gasteiger charge is 2.14. The van der Waals surface area contributed by atoms with Crippen molar-refractivity contribution in [1.82, 2.24) is 24.1 Å². The maximum Gasteiger partial charge on any atom is 0.352 e. The quantitative estimate of drug-likeness (QED) is 0.576. The van der Waals surface area contributed by atoms with Gasteiger partial charge in [-0.15, -0.1) is 0 Å². The molecule has 3 heterocycles. The number of nitrogens with two attached hydrogens (primary N) is 1. The molecule has 0 saturated carbocycles. The van der Waals surface area contributed by atoms with E-state index in [1.165, 1.54) is 10.8 Å². The van der Waals surface area contributed by atoms with E-state index in [1.54, 1.807) is 17.9 Å². The van der Waals surface area contributed by atoms with Crippen molar-refractivity contribution >= 4 is 16.7 Å². The fraction of sp³-hybridized carbons (Fsp3) is 0.263. The molecule has 140 valence electrons. The number of fused-ring (bicyclic) bond motifs is 3. The Balaban J connectivity index is 0.00000210. The van der Waals surface area contributed by atoms with Gasteiger partial charge >= 0.3 is 5.69 Å². The molecule has 4 rings (SSSR count). The minimum absolute atomic E-state index is 0. The van der Waals surface area contributed by atoms with E-state index >= 15 is 0 Å². The van der Waals surface area contributed by atoms with Crippen molar-refractivity contribution < 1.29 is 4.74 Å². The molecule has 8 nitrogen and oxygen atoms in total. The zero-order valence-electron chi connectivity index (χ0n) is 14.3. The summed E-state index contributed by atoms with van der Waals surface area (Å²) in [5.41, 5.74) is 8.41. The first-order valence-corrected chi connectivity index (χ1v) is 8.25. The second kappa shape index (κ2) is 7.55. The smallest absolute Gasteiger partial charge is 0.352 e. The topological polar surface area (TPSA) is 100 Å². The van der Waals surface area contributed by atoms with Gasteiger partial charge in [0.05, 0.1) is 19.0 Å². The molecule has 8 heteroatoms. The molecule has 0 aliphatic carbocycles. The Kier molecular flexibility index (Phi) is 5.18. The number of pyridine rings is 1. The van der Waals surface area contributed by atoms with Crippen molar-refractivity contribution in [2.24, 2.45) is 5.73 Å². The highest BCUT2D eigenvalue weighted by Crippen LogP contribution is 2.18. The second-order valence-corrected chi connectivity index (χ2v) is 5.97. The summed E-state index contributed by atoms with van der Waals surface area (Å²) in [5.74, 6) is 0.766. The molecule has 0 radical (unpaired) electrons. The molecule has 0 bridgehead atoms. The summed E-state index contributed by atoms with van der Waals surface area (Å²) >= 11 is 0. The highest BCUT2D eigenvalue weighted by atomic mass is 16.5. The van der Waals surface area contributed by atoms with Crippen molar-refractivity contribution in [2.75, 3.05) is 13.7 Å². The lowest BCUT2D eigenvalue weighted by Crippen LogP contribution is -2.29. The van der Waals surface area contributed by atoms with Gasteiger partial charge in [0.1, 0.15) is 17.7 Å². The number of nitrogens with zero attached hydrogens (tertiary/aromatic N) is 5. The Hall–Kier alpha value is -3.26. The molecule has 0 fully saturated rings. The third-order valence-corrected chi connectivity index (χ3v) is 4.31. The summed E-state index contributed by atoms with van der Waals surface area (Å²) in [6.45, 7) is 0.903. The molecular formula is C19H22N6O2. The highest BCUT2D eigenvalue weighted by molar-refractivity contribution is 5.89. The molecule has 0 saturated heterocycles. The van der Waals surface area contributed by atoms with E-state index in [2.05, 4.69) is 15.1 Å². The van der Waals surface area contributed by atoms with E-state index in [-0.39, 0.29) is 13.1 Å². The third-order valence-electron chi connectivity index (χ3n) is 4.31. The maximum absolute atomic E-state index is 12.9. The van der Waals surface area contributed by atoms with Gasteiger partial charge in [-0.2, -0.15) is 9.61 Å². The van der Waals surface area contributed by atoms with Gasteiger partial charge < -0.3 is 10.5 Å². The number of methoxy groups -OCH3 is 1. The van der Waals surface area contributed by atoms with Gasteiger partial charge in [0.25, 0.3) is 0 Å². The lowest BCUT2D eigenvalue weighted by atomic mass is 10.1. The zero-order valence-corrected chi connectivity index (χ0v) is 14.3. The number of hydrogen-bond acceptors (Lipinski definition) is 6. The Morgan fingerprint density at radius 2 is 1.89 bits per heavy atom. The van der Waals surface area contributed by atoms with Crippen molar-refractivity contribution in [2.45, 2.75) is 20.4 Å². The Labute approximate surface area is 156 Å². The monoisotopic (exact) mass is 366 g/mol. The fourth-order valence-corrected chi connectivity index (χ4v) is 3.01. The maximum atomic E-state index is 12.9. The van der Waals surface area contributed by atoms with Gasteiger partial charge in [0.15, 0.2) is 5.65 Å². The zero-order chi connectivity index (χ0) is 18.1. The standard InChI is InChI=1S/C18H18N6O2.CH4/c1-26-14-4-2-12(3-5-14)10-23-16-15(8-13(6-7-19)9-20-16)17-21-11-22-24(17)18(23)25;/h2-5,8-9,11H,6-7,10,19H2,1H3;1H4. The number of rotatable bonds is 5. The molecule has 1 aromatic carbocycles. The van der Waals surface area contributed by atoms with Gasteiger partial charge in [-0.25, -0.2) is 14.8 Å². The van der Waals surface area contributed by atoms with Gasteiger partial charge in [0, 0.05) is 6.20 Å². The van der Waals surface area contributed by atoms with Crippen LogP contribution in [-0.4, -0.2) is 37.8 Å². The van der Waals surface area contributed by atoms with E-state index < -0.39 is 0 Å². The second-order valence-electron chi connectivity index (χ2n) is 5.97. The lowest BCUT2D eigenvalue weighted by Gasteiger charge is -2.11. The van der Waals surface area contributed by atoms with Crippen LogP contribution in [0.4, 0.5) is 0 Å². The van der Waals surface area contributed by atoms with E-state index in [4.69, 9.17) is 10.5 Å². The third kappa shape index (κ3) is 3.26. The normalized spacial score (nSPS) is 10.9. The van der Waals surface area contributed by atoms with Crippen LogP contribution in [0.25, 0.3) is 16.7 Å². The van der Waals surface area contributed by atoms with Crippen molar-refractivity contribution in [1.29, 1.82) is 0 Å². The average Bonchev–Trinajstić information content (AvgIpc) is 3.16. The Bertz CT molecular complexity index is 1130. The van der Waals surface area contributed by atoms with Crippen LogP contribution in [0.2, 0.25) is 0 Å². The number of benzene rings is 1. The van der Waals surface area contributed by atoms with Crippen LogP contribution >= 0.6 is 0 Å². The summed E-state index contributed by atoms with van der Waals surface area (Å²) in [6, 6.07) is 9.55. The van der Waals surface area contributed by atoms with Gasteiger partial charge in [-0.3, -0.25) is 4.57 Å². The number of ether oxygens (including phenoxy) is 1. The molecule has 4 aromatic rings. The van der Waals surface area contributed by atoms with Crippen LogP contribution in [0.3, 0.4) is 0 Å². The van der Waals surface area contributed by atoms with Crippen LogP contribution in [0.15, 0.2) is 47.7 Å². The summed E-state index contributed by atoms with van der Waals surface area (Å²) < 4.78 is 8.09. The van der Waals surface area contributed by atoms with Gasteiger partial charge in [-0.1, -0.05) is 19.6 Å². The summed E-state index contributed by atoms with van der Waals surface area (Å²) in [7, 11) is 1.62. The van der Waals surface area contributed by atoms with Crippen LogP contribution in [0.1, 0.15) is 18.6 Å². The molecular weight excluding hydrogens is 344 g/mol. The minimum atomic E-state index is -0.278. The van der Waals surface area contributed by atoms with E-state index in [1.807, 2.05) is 30.3 Å². The molecule has 0 amide bonds. The SMILES string of the molecule is C.COc1ccc(Cn2c(=O)n3ncnc3c3cc(CCN)cnc32)cc1. The molecule has 0 aliphatic rings. The molecule has 0 spiro atoms. The predicted octanol–water partition coefficient (Wildman–Crippen LogP) is 1.63. The van der Waals surface area contributed by atoms with Crippen LogP contribution in [0, 0.1) is 0 Å². The summed E-state index contributed by atoms with van der Waals surface area (Å²) in [5, 5.41) is 4.85. The first-order valence-electron chi connectivity index (χ1n) is 8.25. The Morgan fingerprint density at radius 3 is 2.59 bits per heavy atom. The van der Waals surface area contributed by atoms with Crippen LogP contribution < -0.4 is 16.2 Å². The molecule has 27 heavy (non-hydrogen) atoms. The van der Waals surface area contributed by atoms with Crippen molar-refractivity contribution in [3.63, 3.8) is 0 Å². The minimum Gasteiger partial charge on any atom is -0.497 e. The van der Waals surface area contributed by atoms with Crippen molar-refractivity contribution in [3.8, 4) is 5.75 Å². The summed E-state index contributed by atoms with van der Waals surface area (Å²) in [4.78, 5) is 21.6. The average molecular weight is 366 g/mol. The fourth-order valence-electron chi connectivity index (χ4n) is 3.01. The van der Waals surface area contributed by atoms with Crippen molar-refractivity contribution in [3.05, 3.63) is 64.5 Å².